The van der Waals surface area contributed by atoms with Gasteiger partial charge in [0.1, 0.15) is 5.82 Å². The van der Waals surface area contributed by atoms with Crippen molar-refractivity contribution in [1.29, 1.82) is 0 Å². The van der Waals surface area contributed by atoms with Gasteiger partial charge in [-0.1, -0.05) is 6.07 Å². The zero-order valence-corrected chi connectivity index (χ0v) is 15.0. The van der Waals surface area contributed by atoms with Crippen LogP contribution in [-0.4, -0.2) is 41.0 Å². The maximum Gasteiger partial charge on any atom is 0.215 e. The summed E-state index contributed by atoms with van der Waals surface area (Å²) in [5, 5.41) is 0. The van der Waals surface area contributed by atoms with E-state index in [0.717, 1.165) is 50.0 Å². The molecule has 25 heavy (non-hydrogen) atoms. The smallest absolute Gasteiger partial charge is 0.215 e. The van der Waals surface area contributed by atoms with Crippen molar-refractivity contribution in [3.05, 3.63) is 52.7 Å². The van der Waals surface area contributed by atoms with Crippen LogP contribution in [0.2, 0.25) is 0 Å². The van der Waals surface area contributed by atoms with Gasteiger partial charge in [0.2, 0.25) is 5.95 Å². The maximum absolute atomic E-state index is 13.3. The molecule has 1 saturated carbocycles. The van der Waals surface area contributed by atoms with Crippen LogP contribution in [0.4, 0.5) is 10.2 Å². The lowest BCUT2D eigenvalue weighted by molar-refractivity contribution is 0.248. The molecule has 2 aromatic rings. The second-order valence-corrected chi connectivity index (χ2v) is 7.40. The van der Waals surface area contributed by atoms with E-state index in [9.17, 15) is 4.39 Å². The lowest BCUT2D eigenvalue weighted by Crippen LogP contribution is -2.46. The summed E-state index contributed by atoms with van der Waals surface area (Å²) in [6, 6.07) is 4.22. The Morgan fingerprint density at radius 1 is 1.00 bits per heavy atom. The van der Waals surface area contributed by atoms with Gasteiger partial charge in [0, 0.05) is 50.7 Å². The Balaban J connectivity index is 1.37. The van der Waals surface area contributed by atoms with Crippen LogP contribution in [0.1, 0.15) is 41.0 Å². The molecule has 1 aliphatic carbocycles. The molecule has 2 fully saturated rings. The van der Waals surface area contributed by atoms with E-state index in [4.69, 9.17) is 4.98 Å². The number of pyridine rings is 2. The first-order chi connectivity index (χ1) is 12.1. The highest BCUT2D eigenvalue weighted by Crippen LogP contribution is 2.40. The Labute approximate surface area is 148 Å². The molecule has 0 unspecified atom stereocenters. The van der Waals surface area contributed by atoms with Crippen molar-refractivity contribution in [3.63, 3.8) is 0 Å². The van der Waals surface area contributed by atoms with Crippen LogP contribution in [0.3, 0.4) is 0 Å². The molecular formula is C20H25FN4. The Kier molecular flexibility index (Phi) is 4.42. The third-order valence-corrected chi connectivity index (χ3v) is 5.27. The Hall–Kier alpha value is -2.01. The first-order valence-electron chi connectivity index (χ1n) is 9.15. The van der Waals surface area contributed by atoms with Gasteiger partial charge in [0.25, 0.3) is 0 Å². The fourth-order valence-corrected chi connectivity index (χ4v) is 3.64. The summed E-state index contributed by atoms with van der Waals surface area (Å²) in [5.74, 6) is 1.51. The van der Waals surface area contributed by atoms with Crippen molar-refractivity contribution in [3.8, 4) is 0 Å². The monoisotopic (exact) mass is 340 g/mol. The summed E-state index contributed by atoms with van der Waals surface area (Å²) >= 11 is 0. The molecule has 3 heterocycles. The highest BCUT2D eigenvalue weighted by Gasteiger charge is 2.25. The van der Waals surface area contributed by atoms with E-state index in [-0.39, 0.29) is 5.95 Å². The normalized spacial score (nSPS) is 18.6. The number of piperazine rings is 1. The maximum atomic E-state index is 13.3. The second kappa shape index (κ2) is 6.71. The van der Waals surface area contributed by atoms with Crippen LogP contribution in [0.25, 0.3) is 0 Å². The molecule has 2 aromatic heterocycles. The predicted molar refractivity (Wildman–Crippen MR) is 97.4 cm³/mol. The zero-order chi connectivity index (χ0) is 17.4. The van der Waals surface area contributed by atoms with E-state index in [1.807, 2.05) is 6.07 Å². The predicted octanol–water partition coefficient (Wildman–Crippen LogP) is 3.43. The molecular weight excluding hydrogens is 315 g/mol. The number of anilines is 1. The minimum atomic E-state index is -0.371. The van der Waals surface area contributed by atoms with Crippen LogP contribution >= 0.6 is 0 Å². The standard InChI is InChI=1S/C20H25FN4/c1-14-9-16(11-22-19(14)21)13-24-5-7-25(8-6-24)20-15(2)10-18(12-23-20)17-3-4-17/h9-12,17H,3-8,13H2,1-2H3. The molecule has 1 aliphatic heterocycles. The lowest BCUT2D eigenvalue weighted by Gasteiger charge is -2.36. The van der Waals surface area contributed by atoms with Gasteiger partial charge in [-0.3, -0.25) is 4.90 Å². The fraction of sp³-hybridized carbons (Fsp3) is 0.500. The molecule has 0 bridgehead atoms. The van der Waals surface area contributed by atoms with Gasteiger partial charge in [-0.2, -0.15) is 4.39 Å². The number of halogens is 1. The van der Waals surface area contributed by atoms with E-state index < -0.39 is 0 Å². The van der Waals surface area contributed by atoms with E-state index >= 15 is 0 Å². The third-order valence-electron chi connectivity index (χ3n) is 5.27. The van der Waals surface area contributed by atoms with Crippen LogP contribution in [0.5, 0.6) is 0 Å². The SMILES string of the molecule is Cc1cc(CN2CCN(c3ncc(C4CC4)cc3C)CC2)cnc1F. The summed E-state index contributed by atoms with van der Waals surface area (Å²) in [5.41, 5.74) is 4.39. The van der Waals surface area contributed by atoms with Gasteiger partial charge >= 0.3 is 0 Å². The number of nitrogens with zero attached hydrogens (tertiary/aromatic N) is 4. The van der Waals surface area contributed by atoms with E-state index in [0.29, 0.717) is 5.56 Å². The van der Waals surface area contributed by atoms with Crippen molar-refractivity contribution in [2.45, 2.75) is 39.2 Å². The molecule has 0 aromatic carbocycles. The molecule has 0 N–H and O–H groups in total. The molecule has 4 rings (SSSR count). The molecule has 5 heteroatoms. The summed E-state index contributed by atoms with van der Waals surface area (Å²) in [6.07, 6.45) is 6.35. The molecule has 132 valence electrons. The van der Waals surface area contributed by atoms with Crippen molar-refractivity contribution < 1.29 is 4.39 Å². The Bertz CT molecular complexity index is 764. The summed E-state index contributed by atoms with van der Waals surface area (Å²) in [4.78, 5) is 13.4. The fourth-order valence-electron chi connectivity index (χ4n) is 3.64. The average Bonchev–Trinajstić information content (AvgIpc) is 3.44. The zero-order valence-electron chi connectivity index (χ0n) is 15.0. The number of rotatable bonds is 4. The van der Waals surface area contributed by atoms with Gasteiger partial charge in [-0.25, -0.2) is 9.97 Å². The van der Waals surface area contributed by atoms with Gasteiger partial charge < -0.3 is 4.90 Å². The number of aryl methyl sites for hydroxylation is 2. The summed E-state index contributed by atoms with van der Waals surface area (Å²) < 4.78 is 13.3. The second-order valence-electron chi connectivity index (χ2n) is 7.40. The van der Waals surface area contributed by atoms with E-state index in [2.05, 4.69) is 34.0 Å². The Morgan fingerprint density at radius 3 is 2.40 bits per heavy atom. The average molecular weight is 340 g/mol. The summed E-state index contributed by atoms with van der Waals surface area (Å²) in [6.45, 7) is 8.70. The van der Waals surface area contributed by atoms with Crippen LogP contribution in [-0.2, 0) is 6.54 Å². The van der Waals surface area contributed by atoms with Crippen molar-refractivity contribution in [1.82, 2.24) is 14.9 Å². The van der Waals surface area contributed by atoms with Gasteiger partial charge in [-0.15, -0.1) is 0 Å². The third kappa shape index (κ3) is 3.66. The number of hydrogen-bond donors (Lipinski definition) is 0. The highest BCUT2D eigenvalue weighted by atomic mass is 19.1. The minimum Gasteiger partial charge on any atom is -0.354 e. The largest absolute Gasteiger partial charge is 0.354 e. The Morgan fingerprint density at radius 2 is 1.76 bits per heavy atom. The first kappa shape index (κ1) is 16.5. The topological polar surface area (TPSA) is 32.3 Å². The van der Waals surface area contributed by atoms with Crippen molar-refractivity contribution in [2.75, 3.05) is 31.1 Å². The minimum absolute atomic E-state index is 0.371. The van der Waals surface area contributed by atoms with E-state index in [1.165, 1.54) is 24.0 Å². The lowest BCUT2D eigenvalue weighted by atomic mass is 10.1. The van der Waals surface area contributed by atoms with Gasteiger partial charge in [0.05, 0.1) is 0 Å². The van der Waals surface area contributed by atoms with Crippen LogP contribution in [0.15, 0.2) is 24.5 Å². The number of hydrogen-bond acceptors (Lipinski definition) is 4. The van der Waals surface area contributed by atoms with Crippen LogP contribution < -0.4 is 4.90 Å². The first-order valence-corrected chi connectivity index (χ1v) is 9.15. The molecule has 0 amide bonds. The van der Waals surface area contributed by atoms with Crippen molar-refractivity contribution in [2.24, 2.45) is 0 Å². The molecule has 0 atom stereocenters. The molecule has 0 radical (unpaired) electrons. The highest BCUT2D eigenvalue weighted by molar-refractivity contribution is 5.48. The molecule has 2 aliphatic rings. The number of aromatic nitrogens is 2. The molecule has 0 spiro atoms. The van der Waals surface area contributed by atoms with Gasteiger partial charge in [-0.05, 0) is 55.4 Å². The van der Waals surface area contributed by atoms with E-state index in [1.54, 1.807) is 13.1 Å². The molecule has 4 nitrogen and oxygen atoms in total. The quantitative estimate of drug-likeness (QED) is 0.798. The molecule has 1 saturated heterocycles. The van der Waals surface area contributed by atoms with Crippen LogP contribution in [0, 0.1) is 19.8 Å². The van der Waals surface area contributed by atoms with Gasteiger partial charge in [0.15, 0.2) is 0 Å². The summed E-state index contributed by atoms with van der Waals surface area (Å²) in [7, 11) is 0. The van der Waals surface area contributed by atoms with Crippen molar-refractivity contribution >= 4 is 5.82 Å².